The lowest BCUT2D eigenvalue weighted by atomic mass is 10.3. The van der Waals surface area contributed by atoms with E-state index in [1.165, 1.54) is 0 Å². The summed E-state index contributed by atoms with van der Waals surface area (Å²) < 4.78 is 7.93. The van der Waals surface area contributed by atoms with Crippen LogP contribution < -0.4 is 5.32 Å². The molecule has 1 amide bonds. The van der Waals surface area contributed by atoms with E-state index >= 15 is 0 Å². The monoisotopic (exact) mass is 374 g/mol. The third-order valence-corrected chi connectivity index (χ3v) is 3.95. The lowest BCUT2D eigenvalue weighted by Gasteiger charge is -2.06. The van der Waals surface area contributed by atoms with Crippen LogP contribution in [0.25, 0.3) is 0 Å². The van der Waals surface area contributed by atoms with Gasteiger partial charge in [0.15, 0.2) is 5.76 Å². The molecule has 0 fully saturated rings. The fraction of sp³-hybridized carbons (Fsp3) is 0.417. The number of carbonyl (C=O) groups is 1. The van der Waals surface area contributed by atoms with Crippen molar-refractivity contribution in [2.75, 3.05) is 5.32 Å². The second kappa shape index (κ2) is 5.72. The minimum absolute atomic E-state index is 0.0701. The fourth-order valence-corrected chi connectivity index (χ4v) is 2.12. The van der Waals surface area contributed by atoms with E-state index in [0.717, 1.165) is 9.26 Å². The molecule has 6 nitrogen and oxygen atoms in total. The minimum atomic E-state index is -0.0701. The Kier molecular flexibility index (Phi) is 4.23. The van der Waals surface area contributed by atoms with Crippen LogP contribution in [-0.4, -0.2) is 20.8 Å². The van der Waals surface area contributed by atoms with Gasteiger partial charge in [0.25, 0.3) is 0 Å². The molecule has 2 rings (SSSR count). The van der Waals surface area contributed by atoms with Crippen LogP contribution in [0.4, 0.5) is 5.69 Å². The van der Waals surface area contributed by atoms with Gasteiger partial charge in [-0.3, -0.25) is 9.48 Å². The Morgan fingerprint density at radius 1 is 1.47 bits per heavy atom. The van der Waals surface area contributed by atoms with Gasteiger partial charge in [0.05, 0.1) is 16.3 Å². The number of hydrogen-bond acceptors (Lipinski definition) is 4. The summed E-state index contributed by atoms with van der Waals surface area (Å²) in [6.45, 7) is 6.12. The first kappa shape index (κ1) is 14.0. The van der Waals surface area contributed by atoms with Crippen LogP contribution in [0.1, 0.15) is 23.6 Å². The van der Waals surface area contributed by atoms with Crippen molar-refractivity contribution in [1.29, 1.82) is 0 Å². The molecule has 1 N–H and O–H groups in total. The molecule has 2 aromatic rings. The summed E-state index contributed by atoms with van der Waals surface area (Å²) in [6.07, 6.45) is 2.16. The predicted octanol–water partition coefficient (Wildman–Crippen LogP) is 2.43. The second-order valence-electron chi connectivity index (χ2n) is 4.30. The van der Waals surface area contributed by atoms with Gasteiger partial charge in [-0.1, -0.05) is 5.16 Å². The smallest absolute Gasteiger partial charge is 0.226 e. The number of amides is 1. The maximum atomic E-state index is 11.9. The quantitative estimate of drug-likeness (QED) is 0.835. The van der Waals surface area contributed by atoms with Gasteiger partial charge in [-0.15, -0.1) is 0 Å². The van der Waals surface area contributed by atoms with Gasteiger partial charge < -0.3 is 9.84 Å². The summed E-state index contributed by atoms with van der Waals surface area (Å²) >= 11 is 2.22. The SMILES string of the molecule is Cc1noc(C)c1NC(=O)CCn1ncc(I)c1C. The van der Waals surface area contributed by atoms with Gasteiger partial charge in [-0.25, -0.2) is 0 Å². The summed E-state index contributed by atoms with van der Waals surface area (Å²) in [5.74, 6) is 0.551. The maximum absolute atomic E-state index is 11.9. The third kappa shape index (κ3) is 3.14. The minimum Gasteiger partial charge on any atom is -0.359 e. The van der Waals surface area contributed by atoms with Crippen LogP contribution in [0.3, 0.4) is 0 Å². The average molecular weight is 374 g/mol. The third-order valence-electron chi connectivity index (χ3n) is 2.89. The van der Waals surface area contributed by atoms with Crippen LogP contribution in [0.15, 0.2) is 10.7 Å². The Morgan fingerprint density at radius 2 is 2.21 bits per heavy atom. The number of aromatic nitrogens is 3. The average Bonchev–Trinajstić information content (AvgIpc) is 2.85. The highest BCUT2D eigenvalue weighted by atomic mass is 127. The zero-order valence-corrected chi connectivity index (χ0v) is 13.2. The first-order valence-electron chi connectivity index (χ1n) is 5.89. The van der Waals surface area contributed by atoms with Crippen LogP contribution in [0, 0.1) is 24.3 Å². The standard InChI is InChI=1S/C12H15IN4O2/c1-7-12(9(3)19-16-7)15-11(18)4-5-17-8(2)10(13)6-14-17/h6H,4-5H2,1-3H3,(H,15,18). The molecule has 2 heterocycles. The van der Waals surface area contributed by atoms with Crippen molar-refractivity contribution in [2.24, 2.45) is 0 Å². The molecule has 2 aromatic heterocycles. The number of rotatable bonds is 4. The van der Waals surface area contributed by atoms with E-state index in [0.29, 0.717) is 30.1 Å². The molecule has 0 saturated heterocycles. The van der Waals surface area contributed by atoms with Crippen molar-refractivity contribution in [2.45, 2.75) is 33.7 Å². The zero-order valence-electron chi connectivity index (χ0n) is 11.0. The molecule has 19 heavy (non-hydrogen) atoms. The van der Waals surface area contributed by atoms with Crippen molar-refractivity contribution >= 4 is 34.2 Å². The number of aryl methyl sites for hydroxylation is 3. The molecule has 0 aromatic carbocycles. The van der Waals surface area contributed by atoms with Gasteiger partial charge in [-0.05, 0) is 43.4 Å². The first-order chi connectivity index (χ1) is 8.99. The Bertz CT molecular complexity index is 583. The topological polar surface area (TPSA) is 73.0 Å². The normalized spacial score (nSPS) is 10.7. The fourth-order valence-electron chi connectivity index (χ4n) is 1.72. The summed E-state index contributed by atoms with van der Waals surface area (Å²) in [5, 5.41) is 10.8. The molecular formula is C12H15IN4O2. The van der Waals surface area contributed by atoms with E-state index in [1.54, 1.807) is 20.0 Å². The number of halogens is 1. The summed E-state index contributed by atoms with van der Waals surface area (Å²) in [7, 11) is 0. The van der Waals surface area contributed by atoms with E-state index in [-0.39, 0.29) is 5.91 Å². The van der Waals surface area contributed by atoms with Crippen LogP contribution in [0.2, 0.25) is 0 Å². The number of nitrogens with one attached hydrogen (secondary N) is 1. The Balaban J connectivity index is 1.94. The number of carbonyl (C=O) groups excluding carboxylic acids is 1. The van der Waals surface area contributed by atoms with Crippen molar-refractivity contribution in [3.05, 3.63) is 26.9 Å². The van der Waals surface area contributed by atoms with Gasteiger partial charge in [-0.2, -0.15) is 5.10 Å². The number of nitrogens with zero attached hydrogens (tertiary/aromatic N) is 3. The lowest BCUT2D eigenvalue weighted by Crippen LogP contribution is -2.16. The molecule has 0 atom stereocenters. The highest BCUT2D eigenvalue weighted by molar-refractivity contribution is 14.1. The highest BCUT2D eigenvalue weighted by Crippen LogP contribution is 2.18. The summed E-state index contributed by atoms with van der Waals surface area (Å²) in [6, 6.07) is 0. The summed E-state index contributed by atoms with van der Waals surface area (Å²) in [5.41, 5.74) is 2.43. The Morgan fingerprint density at radius 3 is 2.74 bits per heavy atom. The van der Waals surface area contributed by atoms with Crippen LogP contribution in [0.5, 0.6) is 0 Å². The largest absolute Gasteiger partial charge is 0.359 e. The molecule has 7 heteroatoms. The van der Waals surface area contributed by atoms with E-state index in [4.69, 9.17) is 4.52 Å². The molecule has 0 aliphatic rings. The van der Waals surface area contributed by atoms with Crippen molar-refractivity contribution in [1.82, 2.24) is 14.9 Å². The van der Waals surface area contributed by atoms with E-state index in [1.807, 2.05) is 11.6 Å². The molecule has 0 aliphatic heterocycles. The predicted molar refractivity (Wildman–Crippen MR) is 78.9 cm³/mol. The molecule has 0 spiro atoms. The molecule has 102 valence electrons. The number of hydrogen-bond donors (Lipinski definition) is 1. The van der Waals surface area contributed by atoms with Gasteiger partial charge in [0.2, 0.25) is 5.91 Å². The molecule has 0 bridgehead atoms. The van der Waals surface area contributed by atoms with E-state index in [9.17, 15) is 4.79 Å². The lowest BCUT2D eigenvalue weighted by molar-refractivity contribution is -0.116. The van der Waals surface area contributed by atoms with E-state index < -0.39 is 0 Å². The molecule has 0 aliphatic carbocycles. The van der Waals surface area contributed by atoms with Crippen molar-refractivity contribution in [3.63, 3.8) is 0 Å². The van der Waals surface area contributed by atoms with Gasteiger partial charge >= 0.3 is 0 Å². The maximum Gasteiger partial charge on any atom is 0.226 e. The van der Waals surface area contributed by atoms with Gasteiger partial charge in [0, 0.05) is 12.1 Å². The molecule has 0 saturated carbocycles. The number of anilines is 1. The zero-order chi connectivity index (χ0) is 14.0. The Hall–Kier alpha value is -1.38. The first-order valence-corrected chi connectivity index (χ1v) is 6.97. The van der Waals surface area contributed by atoms with Crippen molar-refractivity contribution in [3.8, 4) is 0 Å². The van der Waals surface area contributed by atoms with Gasteiger partial charge in [0.1, 0.15) is 11.4 Å². The summed E-state index contributed by atoms with van der Waals surface area (Å²) in [4.78, 5) is 11.9. The molecule has 0 radical (unpaired) electrons. The molecular weight excluding hydrogens is 359 g/mol. The highest BCUT2D eigenvalue weighted by Gasteiger charge is 2.13. The van der Waals surface area contributed by atoms with Crippen LogP contribution >= 0.6 is 22.6 Å². The molecule has 0 unspecified atom stereocenters. The van der Waals surface area contributed by atoms with Crippen LogP contribution in [-0.2, 0) is 11.3 Å². The second-order valence-corrected chi connectivity index (χ2v) is 5.46. The Labute approximate surface area is 124 Å². The van der Waals surface area contributed by atoms with Crippen molar-refractivity contribution < 1.29 is 9.32 Å². The van der Waals surface area contributed by atoms with E-state index in [2.05, 4.69) is 38.2 Å².